The number of ether oxygens (including phenoxy) is 1. The van der Waals surface area contributed by atoms with E-state index >= 15 is 0 Å². The van der Waals surface area contributed by atoms with Crippen molar-refractivity contribution in [2.75, 3.05) is 25.6 Å². The number of benzene rings is 2. The number of unbranched alkanes of at least 4 members (excludes halogenated alkanes) is 1. The van der Waals surface area contributed by atoms with Crippen LogP contribution >= 0.6 is 0 Å². The zero-order valence-corrected chi connectivity index (χ0v) is 13.3. The van der Waals surface area contributed by atoms with Crippen LogP contribution in [0.25, 0.3) is 11.1 Å². The van der Waals surface area contributed by atoms with E-state index in [0.29, 0.717) is 0 Å². The lowest BCUT2D eigenvalue weighted by Gasteiger charge is -2.10. The van der Waals surface area contributed by atoms with Crippen LogP contribution in [0.4, 0.5) is 5.69 Å². The van der Waals surface area contributed by atoms with Crippen molar-refractivity contribution in [3.8, 4) is 11.1 Å². The standard InChI is InChI=1S/C19H23NO2/c1-15(21)18-7-3-4-8-19(18)16-9-11-17(12-10-16)20-13-5-6-14-22-2/h3-4,7-12,20H,5-6,13-14H2,1-2H3. The van der Waals surface area contributed by atoms with Crippen molar-refractivity contribution in [1.29, 1.82) is 0 Å². The molecule has 3 nitrogen and oxygen atoms in total. The molecule has 22 heavy (non-hydrogen) atoms. The summed E-state index contributed by atoms with van der Waals surface area (Å²) < 4.78 is 5.03. The molecule has 0 saturated carbocycles. The van der Waals surface area contributed by atoms with Crippen molar-refractivity contribution in [3.05, 3.63) is 54.1 Å². The SMILES string of the molecule is COCCCCNc1ccc(-c2ccccc2C(C)=O)cc1. The maximum absolute atomic E-state index is 11.7. The van der Waals surface area contributed by atoms with E-state index in [0.717, 1.165) is 48.4 Å². The van der Waals surface area contributed by atoms with Gasteiger partial charge in [-0.1, -0.05) is 36.4 Å². The molecule has 0 aliphatic carbocycles. The Kier molecular flexibility index (Phi) is 6.16. The highest BCUT2D eigenvalue weighted by Crippen LogP contribution is 2.25. The highest BCUT2D eigenvalue weighted by molar-refractivity contribution is 6.00. The third kappa shape index (κ3) is 4.43. The first-order valence-electron chi connectivity index (χ1n) is 7.65. The topological polar surface area (TPSA) is 38.3 Å². The van der Waals surface area contributed by atoms with Crippen LogP contribution in [0.2, 0.25) is 0 Å². The number of ketones is 1. The van der Waals surface area contributed by atoms with Gasteiger partial charge in [0, 0.05) is 31.5 Å². The van der Waals surface area contributed by atoms with Gasteiger partial charge in [-0.25, -0.2) is 0 Å². The second-order valence-electron chi connectivity index (χ2n) is 5.31. The minimum Gasteiger partial charge on any atom is -0.385 e. The fourth-order valence-electron chi connectivity index (χ4n) is 2.41. The first kappa shape index (κ1) is 16.2. The Bertz CT molecular complexity index is 605. The predicted molar refractivity (Wildman–Crippen MR) is 91.5 cm³/mol. The van der Waals surface area contributed by atoms with Gasteiger partial charge < -0.3 is 10.1 Å². The molecule has 116 valence electrons. The molecule has 0 aromatic heterocycles. The van der Waals surface area contributed by atoms with E-state index in [-0.39, 0.29) is 5.78 Å². The molecule has 2 rings (SSSR count). The fourth-order valence-corrected chi connectivity index (χ4v) is 2.41. The number of Topliss-reactive ketones (excluding diaryl/α,β-unsaturated/α-hetero) is 1. The molecule has 0 aliphatic rings. The van der Waals surface area contributed by atoms with Gasteiger partial charge in [0.25, 0.3) is 0 Å². The highest BCUT2D eigenvalue weighted by atomic mass is 16.5. The largest absolute Gasteiger partial charge is 0.385 e. The van der Waals surface area contributed by atoms with Gasteiger partial charge in [0.1, 0.15) is 0 Å². The van der Waals surface area contributed by atoms with Crippen LogP contribution in [0, 0.1) is 0 Å². The minimum absolute atomic E-state index is 0.0935. The zero-order valence-electron chi connectivity index (χ0n) is 13.3. The second-order valence-corrected chi connectivity index (χ2v) is 5.31. The second kappa shape index (κ2) is 8.35. The Balaban J connectivity index is 2.02. The van der Waals surface area contributed by atoms with Crippen LogP contribution < -0.4 is 5.32 Å². The molecule has 0 bridgehead atoms. The van der Waals surface area contributed by atoms with Crippen LogP contribution in [0.1, 0.15) is 30.1 Å². The van der Waals surface area contributed by atoms with Gasteiger partial charge in [0.2, 0.25) is 0 Å². The third-order valence-corrected chi connectivity index (χ3v) is 3.61. The molecule has 2 aromatic carbocycles. The smallest absolute Gasteiger partial charge is 0.160 e. The summed E-state index contributed by atoms with van der Waals surface area (Å²) in [5.74, 6) is 0.0935. The van der Waals surface area contributed by atoms with Crippen LogP contribution in [-0.2, 0) is 4.74 Å². The fraction of sp³-hybridized carbons (Fsp3) is 0.316. The van der Waals surface area contributed by atoms with Gasteiger partial charge in [-0.2, -0.15) is 0 Å². The molecule has 0 amide bonds. The molecular weight excluding hydrogens is 274 g/mol. The zero-order chi connectivity index (χ0) is 15.8. The van der Waals surface area contributed by atoms with Crippen LogP contribution in [0.5, 0.6) is 0 Å². The molecule has 0 unspecified atom stereocenters. The Morgan fingerprint density at radius 1 is 1.05 bits per heavy atom. The van der Waals surface area contributed by atoms with E-state index in [1.165, 1.54) is 0 Å². The lowest BCUT2D eigenvalue weighted by Crippen LogP contribution is -2.02. The van der Waals surface area contributed by atoms with Gasteiger partial charge in [-0.3, -0.25) is 4.79 Å². The van der Waals surface area contributed by atoms with E-state index in [2.05, 4.69) is 29.6 Å². The quantitative estimate of drug-likeness (QED) is 0.580. The van der Waals surface area contributed by atoms with Gasteiger partial charge in [-0.05, 0) is 43.0 Å². The lowest BCUT2D eigenvalue weighted by molar-refractivity contribution is 0.101. The lowest BCUT2D eigenvalue weighted by atomic mass is 9.97. The molecule has 0 saturated heterocycles. The summed E-state index contributed by atoms with van der Waals surface area (Å²) in [6, 6.07) is 16.0. The van der Waals surface area contributed by atoms with Gasteiger partial charge in [-0.15, -0.1) is 0 Å². The van der Waals surface area contributed by atoms with E-state index in [1.54, 1.807) is 14.0 Å². The Hall–Kier alpha value is -2.13. The number of hydrogen-bond donors (Lipinski definition) is 1. The maximum Gasteiger partial charge on any atom is 0.160 e. The molecular formula is C19H23NO2. The number of anilines is 1. The molecule has 3 heteroatoms. The van der Waals surface area contributed by atoms with Gasteiger partial charge in [0.15, 0.2) is 5.78 Å². The van der Waals surface area contributed by atoms with Crippen molar-refractivity contribution in [3.63, 3.8) is 0 Å². The van der Waals surface area contributed by atoms with Crippen LogP contribution in [0.15, 0.2) is 48.5 Å². The number of nitrogens with one attached hydrogen (secondary N) is 1. The average molecular weight is 297 g/mol. The summed E-state index contributed by atoms with van der Waals surface area (Å²) in [7, 11) is 1.73. The van der Waals surface area contributed by atoms with Crippen molar-refractivity contribution < 1.29 is 9.53 Å². The first-order chi connectivity index (χ1) is 10.7. The number of hydrogen-bond acceptors (Lipinski definition) is 3. The Morgan fingerprint density at radius 3 is 2.45 bits per heavy atom. The molecule has 0 aliphatic heterocycles. The van der Waals surface area contributed by atoms with E-state index in [9.17, 15) is 4.79 Å². The van der Waals surface area contributed by atoms with Crippen molar-refractivity contribution in [2.24, 2.45) is 0 Å². The molecule has 0 fully saturated rings. The Morgan fingerprint density at radius 2 is 1.77 bits per heavy atom. The number of rotatable bonds is 8. The summed E-state index contributed by atoms with van der Waals surface area (Å²) >= 11 is 0. The van der Waals surface area contributed by atoms with E-state index < -0.39 is 0 Å². The number of methoxy groups -OCH3 is 1. The van der Waals surface area contributed by atoms with Crippen molar-refractivity contribution in [1.82, 2.24) is 0 Å². The van der Waals surface area contributed by atoms with Crippen molar-refractivity contribution in [2.45, 2.75) is 19.8 Å². The molecule has 0 atom stereocenters. The molecule has 0 radical (unpaired) electrons. The first-order valence-corrected chi connectivity index (χ1v) is 7.65. The third-order valence-electron chi connectivity index (χ3n) is 3.61. The van der Waals surface area contributed by atoms with Crippen LogP contribution in [0.3, 0.4) is 0 Å². The Labute approximate surface area is 132 Å². The molecule has 1 N–H and O–H groups in total. The predicted octanol–water partition coefficient (Wildman–Crippen LogP) is 4.39. The molecule has 0 spiro atoms. The maximum atomic E-state index is 11.7. The summed E-state index contributed by atoms with van der Waals surface area (Å²) in [6.07, 6.45) is 2.15. The van der Waals surface area contributed by atoms with E-state index in [1.807, 2.05) is 24.3 Å². The monoisotopic (exact) mass is 297 g/mol. The number of carbonyl (C=O) groups is 1. The normalized spacial score (nSPS) is 10.5. The average Bonchev–Trinajstić information content (AvgIpc) is 2.55. The molecule has 2 aromatic rings. The van der Waals surface area contributed by atoms with Crippen molar-refractivity contribution >= 4 is 11.5 Å². The summed E-state index contributed by atoms with van der Waals surface area (Å²) in [6.45, 7) is 3.35. The summed E-state index contributed by atoms with van der Waals surface area (Å²) in [5.41, 5.74) is 3.92. The van der Waals surface area contributed by atoms with Crippen LogP contribution in [-0.4, -0.2) is 26.0 Å². The van der Waals surface area contributed by atoms with Gasteiger partial charge >= 0.3 is 0 Å². The minimum atomic E-state index is 0.0935. The highest BCUT2D eigenvalue weighted by Gasteiger charge is 2.07. The van der Waals surface area contributed by atoms with Gasteiger partial charge in [0.05, 0.1) is 0 Å². The summed E-state index contributed by atoms with van der Waals surface area (Å²) in [4.78, 5) is 11.7. The summed E-state index contributed by atoms with van der Waals surface area (Å²) in [5, 5.41) is 3.40. The van der Waals surface area contributed by atoms with E-state index in [4.69, 9.17) is 4.74 Å². The number of carbonyl (C=O) groups excluding carboxylic acids is 1. The molecule has 0 heterocycles.